The Kier molecular flexibility index (Phi) is 4.73. The van der Waals surface area contributed by atoms with Crippen molar-refractivity contribution in [1.29, 1.82) is 0 Å². The predicted octanol–water partition coefficient (Wildman–Crippen LogP) is 1.48. The van der Waals surface area contributed by atoms with Crippen LogP contribution < -0.4 is 4.87 Å². The van der Waals surface area contributed by atoms with Gasteiger partial charge in [0.05, 0.1) is 0 Å². The molecule has 0 saturated heterocycles. The van der Waals surface area contributed by atoms with Gasteiger partial charge < -0.3 is 9.47 Å². The zero-order valence-corrected chi connectivity index (χ0v) is 10.8. The molecule has 0 unspecified atom stereocenters. The molecule has 1 amide bonds. The lowest BCUT2D eigenvalue weighted by Gasteiger charge is -2.18. The van der Waals surface area contributed by atoms with Crippen LogP contribution in [0.2, 0.25) is 0 Å². The summed E-state index contributed by atoms with van der Waals surface area (Å²) in [7, 11) is 0. The van der Waals surface area contributed by atoms with Crippen molar-refractivity contribution in [3.05, 3.63) is 20.7 Å². The lowest BCUT2D eigenvalue weighted by Crippen LogP contribution is -2.31. The van der Waals surface area contributed by atoms with Gasteiger partial charge in [0.1, 0.15) is 0 Å². The van der Waals surface area contributed by atoms with Gasteiger partial charge in [-0.05, 0) is 20.8 Å². The highest BCUT2D eigenvalue weighted by Gasteiger charge is 2.10. The summed E-state index contributed by atoms with van der Waals surface area (Å²) in [5, 5.41) is 1.82. The van der Waals surface area contributed by atoms with Gasteiger partial charge in [-0.1, -0.05) is 11.3 Å². The minimum Gasteiger partial charge on any atom is -0.343 e. The van der Waals surface area contributed by atoms with E-state index in [4.69, 9.17) is 0 Å². The summed E-state index contributed by atoms with van der Waals surface area (Å²) < 4.78 is 1.66. The van der Waals surface area contributed by atoms with Crippen LogP contribution in [0.15, 0.2) is 10.2 Å². The van der Waals surface area contributed by atoms with Gasteiger partial charge in [0, 0.05) is 37.1 Å². The van der Waals surface area contributed by atoms with E-state index in [2.05, 4.69) is 0 Å². The van der Waals surface area contributed by atoms with Crippen molar-refractivity contribution < 1.29 is 4.79 Å². The number of carbonyl (C=O) groups excluding carboxylic acids is 1. The van der Waals surface area contributed by atoms with E-state index in [1.807, 2.05) is 26.2 Å². The van der Waals surface area contributed by atoms with Crippen LogP contribution in [-0.2, 0) is 11.3 Å². The maximum Gasteiger partial charge on any atom is 0.307 e. The first kappa shape index (κ1) is 13.0. The lowest BCUT2D eigenvalue weighted by atomic mass is 10.3. The fourth-order valence-corrected chi connectivity index (χ4v) is 2.38. The van der Waals surface area contributed by atoms with E-state index in [1.165, 1.54) is 11.3 Å². The molecule has 0 aromatic carbocycles. The molecule has 0 atom stereocenters. The summed E-state index contributed by atoms with van der Waals surface area (Å²) in [4.78, 5) is 25.0. The average Bonchev–Trinajstić information content (AvgIpc) is 2.58. The van der Waals surface area contributed by atoms with Gasteiger partial charge in [0.2, 0.25) is 5.91 Å². The van der Waals surface area contributed by atoms with Gasteiger partial charge in [0.25, 0.3) is 0 Å². The van der Waals surface area contributed by atoms with Gasteiger partial charge in [-0.15, -0.1) is 0 Å². The van der Waals surface area contributed by atoms with Crippen molar-refractivity contribution in [2.24, 2.45) is 0 Å². The van der Waals surface area contributed by atoms with E-state index >= 15 is 0 Å². The molecule has 1 heterocycles. The highest BCUT2D eigenvalue weighted by molar-refractivity contribution is 7.07. The van der Waals surface area contributed by atoms with Gasteiger partial charge in [0.15, 0.2) is 0 Å². The third-order valence-corrected chi connectivity index (χ3v) is 3.52. The second-order valence-electron chi connectivity index (χ2n) is 3.61. The number of hydrogen-bond donors (Lipinski definition) is 0. The van der Waals surface area contributed by atoms with Crippen LogP contribution >= 0.6 is 11.3 Å². The van der Waals surface area contributed by atoms with Crippen LogP contribution in [0.4, 0.5) is 0 Å². The summed E-state index contributed by atoms with van der Waals surface area (Å²) >= 11 is 1.19. The number of amides is 1. The summed E-state index contributed by atoms with van der Waals surface area (Å²) in [6.07, 6.45) is 0.402. The number of hydrogen-bond acceptors (Lipinski definition) is 3. The fourth-order valence-electron chi connectivity index (χ4n) is 1.62. The highest BCUT2D eigenvalue weighted by Crippen LogP contribution is 2.02. The number of nitrogens with zero attached hydrogens (tertiary/aromatic N) is 2. The number of rotatable bonds is 5. The number of thiazole rings is 1. The Hall–Kier alpha value is -1.10. The minimum absolute atomic E-state index is 0.0184. The minimum atomic E-state index is 0.0184. The van der Waals surface area contributed by atoms with Crippen LogP contribution in [0, 0.1) is 6.92 Å². The Morgan fingerprint density at radius 2 is 2.06 bits per heavy atom. The van der Waals surface area contributed by atoms with Gasteiger partial charge in [-0.25, -0.2) is 0 Å². The quantitative estimate of drug-likeness (QED) is 0.785. The molecule has 0 spiro atoms. The predicted molar refractivity (Wildman–Crippen MR) is 65.9 cm³/mol. The molecule has 4 nitrogen and oxygen atoms in total. The SMILES string of the molecule is CCN(CC)C(=O)CCn1c(C)csc1=O. The van der Waals surface area contributed by atoms with E-state index < -0.39 is 0 Å². The Morgan fingerprint density at radius 3 is 2.50 bits per heavy atom. The molecule has 0 radical (unpaired) electrons. The van der Waals surface area contributed by atoms with Crippen molar-refractivity contribution >= 4 is 17.2 Å². The first-order chi connectivity index (χ1) is 7.60. The second kappa shape index (κ2) is 5.84. The molecule has 5 heteroatoms. The maximum atomic E-state index is 11.7. The summed E-state index contributed by atoms with van der Waals surface area (Å²) in [6.45, 7) is 7.76. The molecule has 1 rings (SSSR count). The van der Waals surface area contributed by atoms with Crippen LogP contribution in [0.25, 0.3) is 0 Å². The van der Waals surface area contributed by atoms with Gasteiger partial charge in [-0.3, -0.25) is 9.59 Å². The van der Waals surface area contributed by atoms with E-state index in [0.29, 0.717) is 13.0 Å². The van der Waals surface area contributed by atoms with Crippen molar-refractivity contribution in [3.8, 4) is 0 Å². The van der Waals surface area contributed by atoms with Crippen LogP contribution in [0.3, 0.4) is 0 Å². The van der Waals surface area contributed by atoms with Gasteiger partial charge in [-0.2, -0.15) is 0 Å². The van der Waals surface area contributed by atoms with Crippen molar-refractivity contribution in [3.63, 3.8) is 0 Å². The van der Waals surface area contributed by atoms with E-state index in [-0.39, 0.29) is 10.8 Å². The Morgan fingerprint density at radius 1 is 1.44 bits per heavy atom. The number of carbonyl (C=O) groups is 1. The molecule has 0 saturated carbocycles. The normalized spacial score (nSPS) is 10.4. The zero-order chi connectivity index (χ0) is 12.1. The third-order valence-electron chi connectivity index (χ3n) is 2.64. The molecule has 0 bridgehead atoms. The van der Waals surface area contributed by atoms with E-state index in [1.54, 1.807) is 9.47 Å². The molecular weight excluding hydrogens is 224 g/mol. The Labute approximate surface area is 99.5 Å². The van der Waals surface area contributed by atoms with Crippen molar-refractivity contribution in [2.45, 2.75) is 33.7 Å². The monoisotopic (exact) mass is 242 g/mol. The first-order valence-electron chi connectivity index (χ1n) is 5.52. The topological polar surface area (TPSA) is 42.3 Å². The summed E-state index contributed by atoms with van der Waals surface area (Å²) in [6, 6.07) is 0. The molecule has 0 aliphatic rings. The molecule has 0 aliphatic heterocycles. The Bertz CT molecular complexity index is 404. The molecule has 16 heavy (non-hydrogen) atoms. The zero-order valence-electron chi connectivity index (χ0n) is 10.0. The Balaban J connectivity index is 2.58. The number of aryl methyl sites for hydroxylation is 1. The molecule has 90 valence electrons. The van der Waals surface area contributed by atoms with Crippen LogP contribution in [0.5, 0.6) is 0 Å². The maximum absolute atomic E-state index is 11.7. The molecule has 1 aromatic rings. The van der Waals surface area contributed by atoms with Crippen LogP contribution in [-0.4, -0.2) is 28.5 Å². The largest absolute Gasteiger partial charge is 0.343 e. The summed E-state index contributed by atoms with van der Waals surface area (Å²) in [5.41, 5.74) is 0.933. The molecule has 0 aliphatic carbocycles. The lowest BCUT2D eigenvalue weighted by molar-refractivity contribution is -0.131. The third kappa shape index (κ3) is 2.95. The molecule has 0 fully saturated rings. The van der Waals surface area contributed by atoms with Crippen molar-refractivity contribution in [2.75, 3.05) is 13.1 Å². The average molecular weight is 242 g/mol. The van der Waals surface area contributed by atoms with Crippen molar-refractivity contribution in [1.82, 2.24) is 9.47 Å². The van der Waals surface area contributed by atoms with Gasteiger partial charge >= 0.3 is 4.87 Å². The van der Waals surface area contributed by atoms with E-state index in [9.17, 15) is 9.59 Å². The highest BCUT2D eigenvalue weighted by atomic mass is 32.1. The fraction of sp³-hybridized carbons (Fsp3) is 0.636. The second-order valence-corrected chi connectivity index (χ2v) is 4.43. The number of aromatic nitrogens is 1. The van der Waals surface area contributed by atoms with Crippen LogP contribution in [0.1, 0.15) is 26.0 Å². The summed E-state index contributed by atoms with van der Waals surface area (Å²) in [5.74, 6) is 0.113. The standard InChI is InChI=1S/C11H18N2O2S/c1-4-12(5-2)10(14)6-7-13-9(3)8-16-11(13)15/h8H,4-7H2,1-3H3. The van der Waals surface area contributed by atoms with E-state index in [0.717, 1.165) is 18.8 Å². The first-order valence-corrected chi connectivity index (χ1v) is 6.40. The molecule has 1 aromatic heterocycles. The molecular formula is C11H18N2O2S. The smallest absolute Gasteiger partial charge is 0.307 e. The molecule has 0 N–H and O–H groups in total.